The number of amides is 1. The molecule has 0 spiro atoms. The first-order valence-corrected chi connectivity index (χ1v) is 14.5. The predicted octanol–water partition coefficient (Wildman–Crippen LogP) is 7.04. The highest BCUT2D eigenvalue weighted by atomic mass is 16.5. The first-order valence-electron chi connectivity index (χ1n) is 14.5. The number of allylic oxidation sites excluding steroid dienone is 2. The first kappa shape index (κ1) is 35.8. The van der Waals surface area contributed by atoms with E-state index < -0.39 is 0 Å². The molecule has 37 heavy (non-hydrogen) atoms. The van der Waals surface area contributed by atoms with E-state index >= 15 is 0 Å². The highest BCUT2D eigenvalue weighted by molar-refractivity contribution is 5.76. The molecule has 0 aliphatic rings. The summed E-state index contributed by atoms with van der Waals surface area (Å²) in [5, 5.41) is 3.23. The maximum atomic E-state index is 12.9. The Kier molecular flexibility index (Phi) is 19.1. The van der Waals surface area contributed by atoms with Crippen molar-refractivity contribution in [1.29, 1.82) is 0 Å². The second-order valence-corrected chi connectivity index (χ2v) is 12.3. The molecule has 218 valence electrons. The summed E-state index contributed by atoms with van der Waals surface area (Å²) in [5.74, 6) is -0.0373. The third-order valence-corrected chi connectivity index (χ3v) is 7.05. The van der Waals surface area contributed by atoms with Crippen molar-refractivity contribution in [3.05, 3.63) is 12.2 Å². The standard InChI is InChI=1S/C31H59NO5/c1-10-12-13-14-16-19-26(36-23-21-30(4,5)6)29(37-24-31(7,8)11-2)28(25(3)35-9)32-27(34)20-17-15-18-22-33/h10,12,22,25-26,28-29H,11,13-21,23-24H2,1-9H3,(H,32,34). The Morgan fingerprint density at radius 1 is 1.00 bits per heavy atom. The number of carbonyl (C=O) groups is 2. The van der Waals surface area contributed by atoms with Gasteiger partial charge in [0.1, 0.15) is 12.4 Å². The summed E-state index contributed by atoms with van der Waals surface area (Å²) in [5.41, 5.74) is 0.186. The van der Waals surface area contributed by atoms with Gasteiger partial charge in [0.05, 0.1) is 24.9 Å². The monoisotopic (exact) mass is 525 g/mol. The van der Waals surface area contributed by atoms with Crippen molar-refractivity contribution in [2.75, 3.05) is 20.3 Å². The lowest BCUT2D eigenvalue weighted by Gasteiger charge is -2.39. The molecular formula is C31H59NO5. The van der Waals surface area contributed by atoms with Crippen molar-refractivity contribution in [2.24, 2.45) is 10.8 Å². The molecule has 0 bridgehead atoms. The summed E-state index contributed by atoms with van der Waals surface area (Å²) in [6, 6.07) is -0.341. The number of unbranched alkanes of at least 4 members (excludes halogenated alkanes) is 4. The second-order valence-electron chi connectivity index (χ2n) is 12.3. The van der Waals surface area contributed by atoms with Crippen LogP contribution in [0.15, 0.2) is 12.2 Å². The molecule has 0 radical (unpaired) electrons. The summed E-state index contributed by atoms with van der Waals surface area (Å²) in [4.78, 5) is 23.6. The van der Waals surface area contributed by atoms with Gasteiger partial charge in [-0.05, 0) is 69.6 Å². The van der Waals surface area contributed by atoms with E-state index in [1.807, 2.05) is 6.92 Å². The van der Waals surface area contributed by atoms with Crippen molar-refractivity contribution in [1.82, 2.24) is 5.32 Å². The van der Waals surface area contributed by atoms with Crippen molar-refractivity contribution >= 4 is 12.2 Å². The van der Waals surface area contributed by atoms with Crippen LogP contribution < -0.4 is 5.32 Å². The minimum Gasteiger partial charge on any atom is -0.380 e. The Bertz CT molecular complexity index is 626. The summed E-state index contributed by atoms with van der Waals surface area (Å²) in [6.45, 7) is 18.5. The third kappa shape index (κ3) is 17.8. The van der Waals surface area contributed by atoms with Gasteiger partial charge in [-0.3, -0.25) is 4.79 Å². The highest BCUT2D eigenvalue weighted by Gasteiger charge is 2.37. The van der Waals surface area contributed by atoms with Gasteiger partial charge in [-0.1, -0.05) is 60.1 Å². The molecule has 0 fully saturated rings. The molecule has 1 amide bonds. The highest BCUT2D eigenvalue weighted by Crippen LogP contribution is 2.27. The molecule has 0 aliphatic heterocycles. The Morgan fingerprint density at radius 2 is 1.68 bits per heavy atom. The molecule has 0 aromatic rings. The third-order valence-electron chi connectivity index (χ3n) is 7.05. The average molecular weight is 526 g/mol. The van der Waals surface area contributed by atoms with E-state index in [1.54, 1.807) is 7.11 Å². The van der Waals surface area contributed by atoms with E-state index in [1.165, 1.54) is 0 Å². The molecule has 0 rings (SSSR count). The fourth-order valence-corrected chi connectivity index (χ4v) is 3.88. The van der Waals surface area contributed by atoms with Gasteiger partial charge in [0.15, 0.2) is 0 Å². The minimum atomic E-state index is -0.341. The summed E-state index contributed by atoms with van der Waals surface area (Å²) in [6.07, 6.45) is 12.7. The molecular weight excluding hydrogens is 466 g/mol. The zero-order valence-electron chi connectivity index (χ0n) is 25.6. The van der Waals surface area contributed by atoms with E-state index in [-0.39, 0.29) is 41.1 Å². The molecule has 1 N–H and O–H groups in total. The Hall–Kier alpha value is -1.24. The predicted molar refractivity (Wildman–Crippen MR) is 154 cm³/mol. The van der Waals surface area contributed by atoms with Gasteiger partial charge in [-0.15, -0.1) is 0 Å². The lowest BCUT2D eigenvalue weighted by molar-refractivity contribution is -0.139. The molecule has 0 saturated heterocycles. The quantitative estimate of drug-likeness (QED) is 0.0932. The van der Waals surface area contributed by atoms with Crippen LogP contribution in [-0.4, -0.2) is 56.9 Å². The van der Waals surface area contributed by atoms with Gasteiger partial charge in [0, 0.05) is 26.6 Å². The van der Waals surface area contributed by atoms with E-state index in [9.17, 15) is 9.59 Å². The Morgan fingerprint density at radius 3 is 2.24 bits per heavy atom. The maximum Gasteiger partial charge on any atom is 0.220 e. The van der Waals surface area contributed by atoms with Gasteiger partial charge in [0.25, 0.3) is 0 Å². The van der Waals surface area contributed by atoms with Crippen molar-refractivity contribution in [3.8, 4) is 0 Å². The van der Waals surface area contributed by atoms with Crippen LogP contribution >= 0.6 is 0 Å². The largest absolute Gasteiger partial charge is 0.380 e. The number of hydrogen-bond acceptors (Lipinski definition) is 5. The fraction of sp³-hybridized carbons (Fsp3) is 0.871. The number of hydrogen-bond donors (Lipinski definition) is 1. The Labute approximate surface area is 228 Å². The molecule has 0 aliphatic carbocycles. The second kappa shape index (κ2) is 19.8. The topological polar surface area (TPSA) is 73.9 Å². The average Bonchev–Trinajstić information content (AvgIpc) is 2.84. The minimum absolute atomic E-state index is 0.0137. The van der Waals surface area contributed by atoms with Gasteiger partial charge >= 0.3 is 0 Å². The van der Waals surface area contributed by atoms with Crippen LogP contribution in [0, 0.1) is 10.8 Å². The van der Waals surface area contributed by atoms with Crippen LogP contribution in [0.1, 0.15) is 120 Å². The van der Waals surface area contributed by atoms with E-state index in [2.05, 4.69) is 65.9 Å². The number of nitrogens with one attached hydrogen (secondary N) is 1. The van der Waals surface area contributed by atoms with Crippen molar-refractivity contribution < 1.29 is 23.8 Å². The van der Waals surface area contributed by atoms with Crippen LogP contribution in [0.2, 0.25) is 0 Å². The van der Waals surface area contributed by atoms with E-state index in [0.717, 1.165) is 51.2 Å². The molecule has 0 aromatic carbocycles. The smallest absolute Gasteiger partial charge is 0.220 e. The summed E-state index contributed by atoms with van der Waals surface area (Å²) >= 11 is 0. The zero-order valence-corrected chi connectivity index (χ0v) is 25.6. The molecule has 4 unspecified atom stereocenters. The van der Waals surface area contributed by atoms with Crippen molar-refractivity contribution in [2.45, 2.75) is 144 Å². The molecule has 4 atom stereocenters. The lowest BCUT2D eigenvalue weighted by Crippen LogP contribution is -2.56. The van der Waals surface area contributed by atoms with Gasteiger partial charge in [0.2, 0.25) is 5.91 Å². The molecule has 6 nitrogen and oxygen atoms in total. The van der Waals surface area contributed by atoms with E-state index in [4.69, 9.17) is 14.2 Å². The summed E-state index contributed by atoms with van der Waals surface area (Å²) in [7, 11) is 1.67. The molecule has 0 heterocycles. The Balaban J connectivity index is 5.89. The van der Waals surface area contributed by atoms with Crippen LogP contribution in [0.3, 0.4) is 0 Å². The van der Waals surface area contributed by atoms with Crippen LogP contribution in [0.25, 0.3) is 0 Å². The molecule has 6 heteroatoms. The van der Waals surface area contributed by atoms with Crippen LogP contribution in [0.4, 0.5) is 0 Å². The van der Waals surface area contributed by atoms with E-state index in [0.29, 0.717) is 32.5 Å². The molecule has 0 aromatic heterocycles. The van der Waals surface area contributed by atoms with Gasteiger partial charge in [-0.2, -0.15) is 0 Å². The van der Waals surface area contributed by atoms with Gasteiger partial charge in [-0.25, -0.2) is 0 Å². The number of rotatable bonds is 22. The fourth-order valence-electron chi connectivity index (χ4n) is 3.88. The number of aldehydes is 1. The number of methoxy groups -OCH3 is 1. The van der Waals surface area contributed by atoms with Crippen LogP contribution in [-0.2, 0) is 23.8 Å². The maximum absolute atomic E-state index is 12.9. The van der Waals surface area contributed by atoms with Crippen LogP contribution in [0.5, 0.6) is 0 Å². The number of carbonyl (C=O) groups excluding carboxylic acids is 2. The van der Waals surface area contributed by atoms with Crippen molar-refractivity contribution in [3.63, 3.8) is 0 Å². The number of ether oxygens (including phenoxy) is 3. The normalized spacial score (nSPS) is 15.9. The molecule has 0 saturated carbocycles. The summed E-state index contributed by atoms with van der Waals surface area (Å²) < 4.78 is 19.0. The SMILES string of the molecule is CC=CCCCCC(OCCC(C)(C)C)C(OCC(C)(C)CC)C(NC(=O)CCCCC=O)C(C)OC. The zero-order chi connectivity index (χ0) is 28.3. The van der Waals surface area contributed by atoms with Gasteiger partial charge < -0.3 is 24.3 Å². The first-order chi connectivity index (χ1) is 17.4. The lowest BCUT2D eigenvalue weighted by atomic mass is 9.90.